The van der Waals surface area contributed by atoms with Gasteiger partial charge < -0.3 is 33.8 Å². The highest BCUT2D eigenvalue weighted by Crippen LogP contribution is 2.45. The molecule has 0 aromatic rings. The Balaban J connectivity index is 5.19. The van der Waals surface area contributed by atoms with E-state index >= 15 is 0 Å². The van der Waals surface area contributed by atoms with Crippen LogP contribution >= 0.6 is 15.6 Å². The minimum Gasteiger partial charge on any atom is -0.462 e. The summed E-state index contributed by atoms with van der Waals surface area (Å²) in [6.45, 7) is 9.27. The number of carbonyl (C=O) groups is 4. The molecule has 0 radical (unpaired) electrons. The lowest BCUT2D eigenvalue weighted by Gasteiger charge is -2.21. The number of phosphoric ester groups is 2. The quantitative estimate of drug-likeness (QED) is 0.0222. The van der Waals surface area contributed by atoms with Crippen molar-refractivity contribution >= 4 is 39.5 Å². The summed E-state index contributed by atoms with van der Waals surface area (Å²) in [5.74, 6) is -0.721. The van der Waals surface area contributed by atoms with Crippen molar-refractivity contribution in [3.63, 3.8) is 0 Å². The van der Waals surface area contributed by atoms with Gasteiger partial charge >= 0.3 is 39.5 Å². The van der Waals surface area contributed by atoms with E-state index < -0.39 is 97.5 Å². The van der Waals surface area contributed by atoms with E-state index in [-0.39, 0.29) is 25.7 Å². The average Bonchev–Trinajstić information content (AvgIpc) is 3.39. The highest BCUT2D eigenvalue weighted by molar-refractivity contribution is 7.47. The van der Waals surface area contributed by atoms with Gasteiger partial charge in [-0.05, 0) is 37.5 Å². The minimum absolute atomic E-state index is 0.102. The Morgan fingerprint density at radius 1 is 0.346 bits per heavy atom. The molecule has 0 amide bonds. The van der Waals surface area contributed by atoms with Crippen LogP contribution in [-0.4, -0.2) is 96.7 Å². The molecule has 0 saturated heterocycles. The molecule has 19 heteroatoms. The Bertz CT molecular complexity index is 1550. The van der Waals surface area contributed by atoms with Gasteiger partial charge in [-0.15, -0.1) is 0 Å². The SMILES string of the molecule is CCCCCCCCCCCCCC(=O)OC[C@H](COP(=O)(O)OC[C@@H](O)COP(=O)(O)OC[C@@H](COC(=O)CCCCCCC)OC(=O)CCCCCCCCCC(C)C)OC(=O)CCCCCCCCCCCC(C)C. The molecule has 5 atom stereocenters. The number of hydrogen-bond acceptors (Lipinski definition) is 15. The zero-order valence-electron chi connectivity index (χ0n) is 50.0. The van der Waals surface area contributed by atoms with Crippen LogP contribution in [0.2, 0.25) is 0 Å². The topological polar surface area (TPSA) is 237 Å². The molecule has 0 aromatic carbocycles. The first-order valence-corrected chi connectivity index (χ1v) is 34.0. The summed E-state index contributed by atoms with van der Waals surface area (Å²) in [6.07, 6.45) is 32.5. The van der Waals surface area contributed by atoms with Crippen molar-refractivity contribution in [2.45, 2.75) is 304 Å². The van der Waals surface area contributed by atoms with Crippen molar-refractivity contribution < 1.29 is 80.2 Å². The van der Waals surface area contributed by atoms with Crippen LogP contribution in [0.1, 0.15) is 286 Å². The molecule has 0 spiro atoms. The van der Waals surface area contributed by atoms with Crippen LogP contribution in [-0.2, 0) is 65.4 Å². The third kappa shape index (κ3) is 53.4. The number of unbranched alkanes of at least 4 members (excludes halogenated alkanes) is 28. The van der Waals surface area contributed by atoms with Crippen LogP contribution in [0.15, 0.2) is 0 Å². The van der Waals surface area contributed by atoms with Gasteiger partial charge in [-0.1, -0.05) is 234 Å². The fraction of sp³-hybridized carbons (Fsp3) is 0.932. The predicted molar refractivity (Wildman–Crippen MR) is 308 cm³/mol. The number of esters is 4. The molecule has 462 valence electrons. The van der Waals surface area contributed by atoms with Crippen molar-refractivity contribution in [2.75, 3.05) is 39.6 Å². The first-order chi connectivity index (χ1) is 37.4. The summed E-state index contributed by atoms with van der Waals surface area (Å²) in [6, 6.07) is 0. The largest absolute Gasteiger partial charge is 0.472 e. The lowest BCUT2D eigenvalue weighted by Crippen LogP contribution is -2.30. The molecule has 0 aliphatic heterocycles. The van der Waals surface area contributed by atoms with Crippen LogP contribution in [0.5, 0.6) is 0 Å². The summed E-state index contributed by atoms with van der Waals surface area (Å²) in [4.78, 5) is 71.7. The second-order valence-corrected chi connectivity index (χ2v) is 25.2. The summed E-state index contributed by atoms with van der Waals surface area (Å²) >= 11 is 0. The number of phosphoric acid groups is 2. The highest BCUT2D eigenvalue weighted by atomic mass is 31.2. The third-order valence-corrected chi connectivity index (χ3v) is 15.4. The van der Waals surface area contributed by atoms with E-state index in [2.05, 4.69) is 41.5 Å². The second kappa shape index (κ2) is 51.9. The monoisotopic (exact) mass is 1160 g/mol. The van der Waals surface area contributed by atoms with E-state index in [0.29, 0.717) is 31.6 Å². The molecule has 3 N–H and O–H groups in total. The average molecular weight is 1160 g/mol. The van der Waals surface area contributed by atoms with Crippen LogP contribution < -0.4 is 0 Å². The molecule has 0 aliphatic rings. The lowest BCUT2D eigenvalue weighted by atomic mass is 10.0. The van der Waals surface area contributed by atoms with Gasteiger partial charge in [0, 0.05) is 25.7 Å². The van der Waals surface area contributed by atoms with Crippen LogP contribution in [0.4, 0.5) is 0 Å². The van der Waals surface area contributed by atoms with Crippen molar-refractivity contribution in [1.82, 2.24) is 0 Å². The van der Waals surface area contributed by atoms with Crippen molar-refractivity contribution in [3.05, 3.63) is 0 Å². The number of rotatable bonds is 58. The Kier molecular flexibility index (Phi) is 50.6. The molecule has 0 aromatic heterocycles. The van der Waals surface area contributed by atoms with E-state index in [0.717, 1.165) is 102 Å². The minimum atomic E-state index is -4.94. The fourth-order valence-corrected chi connectivity index (χ4v) is 10.2. The normalized spacial score (nSPS) is 14.4. The molecular weight excluding hydrogens is 1040 g/mol. The Hall–Kier alpha value is -1.94. The number of hydrogen-bond donors (Lipinski definition) is 3. The maximum atomic E-state index is 12.9. The smallest absolute Gasteiger partial charge is 0.462 e. The van der Waals surface area contributed by atoms with Crippen LogP contribution in [0.25, 0.3) is 0 Å². The lowest BCUT2D eigenvalue weighted by molar-refractivity contribution is -0.161. The van der Waals surface area contributed by atoms with Gasteiger partial charge in [0.05, 0.1) is 26.4 Å². The van der Waals surface area contributed by atoms with Gasteiger partial charge in [0.1, 0.15) is 19.3 Å². The summed E-state index contributed by atoms with van der Waals surface area (Å²) in [5, 5.41) is 10.5. The first-order valence-electron chi connectivity index (χ1n) is 31.0. The zero-order chi connectivity index (χ0) is 58.0. The number of aliphatic hydroxyl groups is 1. The van der Waals surface area contributed by atoms with Gasteiger partial charge in [-0.25, -0.2) is 9.13 Å². The summed E-state index contributed by atoms with van der Waals surface area (Å²) < 4.78 is 67.6. The van der Waals surface area contributed by atoms with Gasteiger partial charge in [-0.3, -0.25) is 37.3 Å². The van der Waals surface area contributed by atoms with Crippen molar-refractivity contribution in [3.8, 4) is 0 Å². The predicted octanol–water partition coefficient (Wildman–Crippen LogP) is 15.7. The zero-order valence-corrected chi connectivity index (χ0v) is 51.7. The number of aliphatic hydroxyl groups excluding tert-OH is 1. The Morgan fingerprint density at radius 2 is 0.590 bits per heavy atom. The van der Waals surface area contributed by atoms with Crippen molar-refractivity contribution in [2.24, 2.45) is 11.8 Å². The van der Waals surface area contributed by atoms with E-state index in [1.54, 1.807) is 0 Å². The van der Waals surface area contributed by atoms with Crippen LogP contribution in [0, 0.1) is 11.8 Å². The van der Waals surface area contributed by atoms with Gasteiger partial charge in [0.2, 0.25) is 0 Å². The Morgan fingerprint density at radius 3 is 0.872 bits per heavy atom. The highest BCUT2D eigenvalue weighted by Gasteiger charge is 2.30. The molecule has 2 unspecified atom stereocenters. The summed E-state index contributed by atoms with van der Waals surface area (Å²) in [7, 11) is -9.87. The van der Waals surface area contributed by atoms with E-state index in [1.165, 1.54) is 96.3 Å². The molecule has 0 heterocycles. The maximum Gasteiger partial charge on any atom is 0.472 e. The molecule has 0 bridgehead atoms. The first kappa shape index (κ1) is 76.1. The number of ether oxygens (including phenoxy) is 4. The van der Waals surface area contributed by atoms with E-state index in [4.69, 9.17) is 37.0 Å². The van der Waals surface area contributed by atoms with Crippen molar-refractivity contribution in [1.29, 1.82) is 0 Å². The molecule has 0 saturated carbocycles. The molecule has 0 fully saturated rings. The second-order valence-electron chi connectivity index (χ2n) is 22.3. The Labute approximate surface area is 473 Å². The van der Waals surface area contributed by atoms with E-state index in [1.807, 2.05) is 0 Å². The fourth-order valence-electron chi connectivity index (χ4n) is 8.65. The molecule has 0 rings (SSSR count). The third-order valence-electron chi connectivity index (χ3n) is 13.5. The van der Waals surface area contributed by atoms with Gasteiger partial charge in [0.25, 0.3) is 0 Å². The standard InChI is InChI=1S/C59H114O17P2/c1-7-9-11-13-14-15-16-19-24-30-36-42-57(62)70-48-55(76-58(63)43-37-31-25-20-17-18-22-28-33-39-51(3)4)50-74-78(67,68)72-46-53(60)45-71-77(65,66)73-49-54(47-69-56(61)41-35-27-12-10-8-2)75-59(64)44-38-32-26-21-23-29-34-40-52(5)6/h51-55,60H,7-50H2,1-6H3,(H,65,66)(H,67,68)/t53-,54+,55+/m0/s1. The van der Waals surface area contributed by atoms with Crippen LogP contribution in [0.3, 0.4) is 0 Å². The van der Waals surface area contributed by atoms with E-state index in [9.17, 15) is 43.2 Å². The molecule has 17 nitrogen and oxygen atoms in total. The summed E-state index contributed by atoms with van der Waals surface area (Å²) in [5.41, 5.74) is 0. The maximum absolute atomic E-state index is 12.9. The molecular formula is C59H114O17P2. The molecule has 78 heavy (non-hydrogen) atoms. The van der Waals surface area contributed by atoms with Gasteiger partial charge in [-0.2, -0.15) is 0 Å². The number of carbonyl (C=O) groups excluding carboxylic acids is 4. The van der Waals surface area contributed by atoms with Gasteiger partial charge in [0.15, 0.2) is 12.2 Å². The molecule has 0 aliphatic carbocycles.